The molecule has 1 aliphatic heterocycles. The van der Waals surface area contributed by atoms with Crippen molar-refractivity contribution in [2.75, 3.05) is 13.7 Å². The fourth-order valence-corrected chi connectivity index (χ4v) is 1.18. The molecular formula is C7H10BrNO. The second kappa shape index (κ2) is 3.21. The lowest BCUT2D eigenvalue weighted by molar-refractivity contribution is -0.0920. The molecule has 0 atom stereocenters. The van der Waals surface area contributed by atoms with E-state index in [2.05, 4.69) is 15.9 Å². The van der Waals surface area contributed by atoms with Crippen molar-refractivity contribution in [3.8, 4) is 0 Å². The second-order valence-corrected chi connectivity index (χ2v) is 3.16. The van der Waals surface area contributed by atoms with E-state index in [1.807, 2.05) is 24.1 Å². The molecule has 1 aliphatic rings. The molecule has 0 amide bonds. The van der Waals surface area contributed by atoms with Gasteiger partial charge in [-0.1, -0.05) is 15.9 Å². The maximum absolute atomic E-state index is 5.07. The van der Waals surface area contributed by atoms with Crippen molar-refractivity contribution in [3.63, 3.8) is 0 Å². The molecule has 1 heterocycles. The van der Waals surface area contributed by atoms with Crippen molar-refractivity contribution in [1.82, 2.24) is 5.06 Å². The summed E-state index contributed by atoms with van der Waals surface area (Å²) in [5.74, 6) is 0. The van der Waals surface area contributed by atoms with E-state index in [1.165, 1.54) is 0 Å². The van der Waals surface area contributed by atoms with E-state index in [1.54, 1.807) is 7.11 Å². The zero-order valence-electron chi connectivity index (χ0n) is 6.10. The molecule has 3 heteroatoms. The van der Waals surface area contributed by atoms with E-state index in [0.717, 1.165) is 16.7 Å². The van der Waals surface area contributed by atoms with E-state index in [4.69, 9.17) is 4.84 Å². The Kier molecular flexibility index (Phi) is 2.51. The third-order valence-corrected chi connectivity index (χ3v) is 1.93. The molecule has 2 nitrogen and oxygen atoms in total. The van der Waals surface area contributed by atoms with Gasteiger partial charge in [0, 0.05) is 10.2 Å². The number of hydrogen-bond donors (Lipinski definition) is 0. The highest BCUT2D eigenvalue weighted by molar-refractivity contribution is 9.11. The lowest BCUT2D eigenvalue weighted by Crippen LogP contribution is -2.23. The molecular weight excluding hydrogens is 194 g/mol. The third-order valence-electron chi connectivity index (χ3n) is 1.41. The third kappa shape index (κ3) is 1.61. The molecule has 0 spiro atoms. The summed E-state index contributed by atoms with van der Waals surface area (Å²) in [6, 6.07) is 0. The minimum atomic E-state index is 0.804. The van der Waals surface area contributed by atoms with Gasteiger partial charge in [-0.05, 0) is 19.1 Å². The van der Waals surface area contributed by atoms with Gasteiger partial charge in [-0.25, -0.2) is 0 Å². The van der Waals surface area contributed by atoms with Crippen LogP contribution < -0.4 is 0 Å². The summed E-state index contributed by atoms with van der Waals surface area (Å²) < 4.78 is 1.14. The topological polar surface area (TPSA) is 12.5 Å². The van der Waals surface area contributed by atoms with Crippen LogP contribution in [0.2, 0.25) is 0 Å². The van der Waals surface area contributed by atoms with E-state index < -0.39 is 0 Å². The van der Waals surface area contributed by atoms with Crippen LogP contribution in [0.1, 0.15) is 6.92 Å². The lowest BCUT2D eigenvalue weighted by Gasteiger charge is -2.24. The van der Waals surface area contributed by atoms with Crippen molar-refractivity contribution < 1.29 is 4.84 Å². The molecule has 0 aromatic rings. The first-order valence-corrected chi connectivity index (χ1v) is 3.88. The first-order valence-electron chi connectivity index (χ1n) is 3.08. The van der Waals surface area contributed by atoms with Gasteiger partial charge in [0.15, 0.2) is 0 Å². The molecule has 1 rings (SSSR count). The first kappa shape index (κ1) is 7.82. The fourth-order valence-electron chi connectivity index (χ4n) is 0.817. The second-order valence-electron chi connectivity index (χ2n) is 2.14. The van der Waals surface area contributed by atoms with Gasteiger partial charge in [0.25, 0.3) is 0 Å². The minimum Gasteiger partial charge on any atom is -0.277 e. The van der Waals surface area contributed by atoms with Crippen molar-refractivity contribution in [3.05, 3.63) is 22.3 Å². The van der Waals surface area contributed by atoms with Gasteiger partial charge < -0.3 is 0 Å². The van der Waals surface area contributed by atoms with Crippen LogP contribution in [-0.2, 0) is 4.84 Å². The highest BCUT2D eigenvalue weighted by Crippen LogP contribution is 2.17. The van der Waals surface area contributed by atoms with E-state index in [9.17, 15) is 0 Å². The summed E-state index contributed by atoms with van der Waals surface area (Å²) in [6.07, 6.45) is 4.04. The van der Waals surface area contributed by atoms with Crippen LogP contribution in [-0.4, -0.2) is 18.7 Å². The van der Waals surface area contributed by atoms with Crippen LogP contribution in [0.5, 0.6) is 0 Å². The predicted molar refractivity (Wildman–Crippen MR) is 44.5 cm³/mol. The Labute approximate surface area is 69.2 Å². The van der Waals surface area contributed by atoms with Gasteiger partial charge in [0.1, 0.15) is 0 Å². The van der Waals surface area contributed by atoms with Gasteiger partial charge in [-0.2, -0.15) is 0 Å². The number of hydrogen-bond acceptors (Lipinski definition) is 2. The molecule has 0 aromatic heterocycles. The Morgan fingerprint density at radius 3 is 2.80 bits per heavy atom. The zero-order chi connectivity index (χ0) is 7.56. The summed E-state index contributed by atoms with van der Waals surface area (Å²) in [4.78, 5) is 5.07. The molecule has 0 unspecified atom stereocenters. The van der Waals surface area contributed by atoms with Crippen molar-refractivity contribution in [1.29, 1.82) is 0 Å². The summed E-state index contributed by atoms with van der Waals surface area (Å²) in [5.41, 5.74) is 1.13. The Hall–Kier alpha value is -0.280. The van der Waals surface area contributed by atoms with Crippen LogP contribution in [0, 0.1) is 0 Å². The maximum Gasteiger partial charge on any atom is 0.0767 e. The standard InChI is InChI=1S/C7H10BrNO/c1-6-3-4-7(8)5-9(6)10-2/h3-4H,5H2,1-2H3. The van der Waals surface area contributed by atoms with E-state index in [0.29, 0.717) is 0 Å². The Morgan fingerprint density at radius 1 is 1.60 bits per heavy atom. The summed E-state index contributed by atoms with van der Waals surface area (Å²) in [5, 5.41) is 1.82. The number of rotatable bonds is 1. The minimum absolute atomic E-state index is 0.804. The van der Waals surface area contributed by atoms with Crippen LogP contribution in [0.15, 0.2) is 22.3 Å². The highest BCUT2D eigenvalue weighted by atomic mass is 79.9. The fraction of sp³-hybridized carbons (Fsp3) is 0.429. The van der Waals surface area contributed by atoms with Gasteiger partial charge in [-0.15, -0.1) is 0 Å². The van der Waals surface area contributed by atoms with Gasteiger partial charge in [0.05, 0.1) is 13.7 Å². The average Bonchev–Trinajstić information content (AvgIpc) is 1.94. The molecule has 0 fully saturated rings. The van der Waals surface area contributed by atoms with E-state index in [-0.39, 0.29) is 0 Å². The van der Waals surface area contributed by atoms with Crippen molar-refractivity contribution in [2.24, 2.45) is 0 Å². The Balaban J connectivity index is 2.68. The normalized spacial score (nSPS) is 18.5. The Morgan fingerprint density at radius 2 is 2.30 bits per heavy atom. The molecule has 56 valence electrons. The summed E-state index contributed by atoms with van der Waals surface area (Å²) in [7, 11) is 1.67. The smallest absolute Gasteiger partial charge is 0.0767 e. The number of halogens is 1. The van der Waals surface area contributed by atoms with Crippen LogP contribution >= 0.6 is 15.9 Å². The lowest BCUT2D eigenvalue weighted by atomic mass is 10.3. The van der Waals surface area contributed by atoms with Crippen LogP contribution in [0.25, 0.3) is 0 Å². The predicted octanol–water partition coefficient (Wildman–Crippen LogP) is 2.05. The summed E-state index contributed by atoms with van der Waals surface area (Å²) >= 11 is 3.39. The molecule has 0 aliphatic carbocycles. The number of allylic oxidation sites excluding steroid dienone is 3. The SMILES string of the molecule is CON1CC(Br)=CC=C1C. The van der Waals surface area contributed by atoms with Gasteiger partial charge >= 0.3 is 0 Å². The molecule has 0 saturated carbocycles. The number of nitrogens with zero attached hydrogens (tertiary/aromatic N) is 1. The molecule has 0 bridgehead atoms. The van der Waals surface area contributed by atoms with Crippen molar-refractivity contribution >= 4 is 15.9 Å². The monoisotopic (exact) mass is 203 g/mol. The van der Waals surface area contributed by atoms with Crippen LogP contribution in [0.4, 0.5) is 0 Å². The molecule has 0 N–H and O–H groups in total. The van der Waals surface area contributed by atoms with E-state index >= 15 is 0 Å². The largest absolute Gasteiger partial charge is 0.277 e. The maximum atomic E-state index is 5.07. The first-order chi connectivity index (χ1) is 4.74. The molecule has 0 saturated heterocycles. The van der Waals surface area contributed by atoms with Gasteiger partial charge in [0.2, 0.25) is 0 Å². The molecule has 10 heavy (non-hydrogen) atoms. The Bertz CT molecular complexity index is 186. The quantitative estimate of drug-likeness (QED) is 0.648. The molecule has 0 radical (unpaired) electrons. The van der Waals surface area contributed by atoms with Gasteiger partial charge in [-0.3, -0.25) is 9.90 Å². The van der Waals surface area contributed by atoms with Crippen LogP contribution in [0.3, 0.4) is 0 Å². The number of hydroxylamine groups is 2. The van der Waals surface area contributed by atoms with Crippen molar-refractivity contribution in [2.45, 2.75) is 6.92 Å². The highest BCUT2D eigenvalue weighted by Gasteiger charge is 2.08. The summed E-state index contributed by atoms with van der Waals surface area (Å²) in [6.45, 7) is 2.82. The zero-order valence-corrected chi connectivity index (χ0v) is 7.68. The molecule has 0 aromatic carbocycles. The average molecular weight is 204 g/mol.